The molecule has 29 heavy (non-hydrogen) atoms. The van der Waals surface area contributed by atoms with E-state index in [0.717, 1.165) is 38.4 Å². The molecule has 7 nitrogen and oxygen atoms in total. The molecule has 7 heteroatoms. The number of piperazine rings is 1. The van der Waals surface area contributed by atoms with Crippen molar-refractivity contribution in [2.75, 3.05) is 32.8 Å². The Balaban J connectivity index is 1.20. The van der Waals surface area contributed by atoms with Gasteiger partial charge in [-0.3, -0.25) is 14.3 Å². The van der Waals surface area contributed by atoms with E-state index < -0.39 is 5.76 Å². The maximum atomic E-state index is 12.7. The second kappa shape index (κ2) is 7.40. The molecule has 0 spiro atoms. The van der Waals surface area contributed by atoms with Gasteiger partial charge in [0.05, 0.1) is 12.1 Å². The van der Waals surface area contributed by atoms with Gasteiger partial charge in [-0.25, -0.2) is 4.79 Å². The fourth-order valence-corrected chi connectivity index (χ4v) is 4.15. The number of nitrogens with zero attached hydrogens (tertiary/aromatic N) is 3. The average molecular weight is 393 g/mol. The second-order valence-corrected chi connectivity index (χ2v) is 7.62. The van der Waals surface area contributed by atoms with Crippen molar-refractivity contribution in [1.82, 2.24) is 14.4 Å². The summed E-state index contributed by atoms with van der Waals surface area (Å²) < 4.78 is 12.2. The monoisotopic (exact) mass is 393 g/mol. The molecule has 2 aliphatic heterocycles. The van der Waals surface area contributed by atoms with Crippen molar-refractivity contribution in [2.45, 2.75) is 19.5 Å². The summed E-state index contributed by atoms with van der Waals surface area (Å²) in [5, 5.41) is 0. The molecule has 1 amide bonds. The first kappa shape index (κ1) is 18.0. The lowest BCUT2D eigenvalue weighted by atomic mass is 10.1. The molecule has 5 rings (SSSR count). The lowest BCUT2D eigenvalue weighted by Gasteiger charge is -2.34. The van der Waals surface area contributed by atoms with E-state index in [1.807, 2.05) is 17.0 Å². The van der Waals surface area contributed by atoms with E-state index >= 15 is 0 Å². The topological polar surface area (TPSA) is 67.9 Å². The molecular formula is C22H23N3O4. The number of hydrogen-bond donors (Lipinski definition) is 0. The molecule has 0 radical (unpaired) electrons. The van der Waals surface area contributed by atoms with Gasteiger partial charge in [0.25, 0.3) is 0 Å². The molecule has 1 saturated heterocycles. The van der Waals surface area contributed by atoms with E-state index in [2.05, 4.69) is 23.1 Å². The van der Waals surface area contributed by atoms with Crippen LogP contribution in [0, 0.1) is 0 Å². The van der Waals surface area contributed by atoms with Gasteiger partial charge in [0.2, 0.25) is 5.91 Å². The third-order valence-corrected chi connectivity index (χ3v) is 5.75. The van der Waals surface area contributed by atoms with Gasteiger partial charge < -0.3 is 14.1 Å². The summed E-state index contributed by atoms with van der Waals surface area (Å²) in [7, 11) is 0. The minimum absolute atomic E-state index is 0.0146. The molecule has 0 aliphatic carbocycles. The molecule has 1 aromatic heterocycles. The number of para-hydroxylation sites is 2. The molecule has 1 fully saturated rings. The summed E-state index contributed by atoms with van der Waals surface area (Å²) in [6.45, 7) is 4.63. The summed E-state index contributed by atoms with van der Waals surface area (Å²) in [5.74, 6) is 0.470. The SMILES string of the molecule is O=C(Cn1c(=O)oc2ccccc21)N1CCN(Cc2ccc3c(c2)CCO3)CC1. The standard InChI is InChI=1S/C22H23N3O4/c26-21(15-25-18-3-1-2-4-20(18)29-22(25)27)24-10-8-23(9-11-24)14-16-5-6-19-17(13-16)7-12-28-19/h1-6,13H,7-12,14-15H2. The van der Waals surface area contributed by atoms with Gasteiger partial charge in [0, 0.05) is 39.1 Å². The van der Waals surface area contributed by atoms with Crippen LogP contribution in [0.25, 0.3) is 11.1 Å². The molecule has 3 heterocycles. The number of aromatic nitrogens is 1. The Morgan fingerprint density at radius 3 is 2.72 bits per heavy atom. The molecular weight excluding hydrogens is 370 g/mol. The molecule has 0 bridgehead atoms. The Hall–Kier alpha value is -3.06. The molecule has 2 aliphatic rings. The van der Waals surface area contributed by atoms with E-state index in [0.29, 0.717) is 24.2 Å². The van der Waals surface area contributed by atoms with Gasteiger partial charge in [0.15, 0.2) is 5.58 Å². The van der Waals surface area contributed by atoms with Crippen LogP contribution in [0.5, 0.6) is 5.75 Å². The minimum atomic E-state index is -0.487. The molecule has 0 N–H and O–H groups in total. The van der Waals surface area contributed by atoms with Crippen LogP contribution in [0.15, 0.2) is 51.7 Å². The Bertz CT molecular complexity index is 1110. The van der Waals surface area contributed by atoms with Crippen molar-refractivity contribution in [3.63, 3.8) is 0 Å². The number of carbonyl (C=O) groups is 1. The van der Waals surface area contributed by atoms with Crippen molar-refractivity contribution in [2.24, 2.45) is 0 Å². The molecule has 150 valence electrons. The number of benzene rings is 2. The van der Waals surface area contributed by atoms with Crippen LogP contribution in [0.4, 0.5) is 0 Å². The smallest absolute Gasteiger partial charge is 0.420 e. The molecule has 2 aromatic carbocycles. The lowest BCUT2D eigenvalue weighted by molar-refractivity contribution is -0.133. The second-order valence-electron chi connectivity index (χ2n) is 7.62. The number of oxazole rings is 1. The van der Waals surface area contributed by atoms with Gasteiger partial charge in [0.1, 0.15) is 12.3 Å². The zero-order valence-corrected chi connectivity index (χ0v) is 16.2. The highest BCUT2D eigenvalue weighted by Crippen LogP contribution is 2.26. The van der Waals surface area contributed by atoms with Gasteiger partial charge in [-0.05, 0) is 29.3 Å². The number of rotatable bonds is 4. The normalized spacial score (nSPS) is 16.8. The zero-order valence-electron chi connectivity index (χ0n) is 16.2. The molecule has 0 unspecified atom stereocenters. The van der Waals surface area contributed by atoms with E-state index in [-0.39, 0.29) is 12.5 Å². The van der Waals surface area contributed by atoms with E-state index in [4.69, 9.17) is 9.15 Å². The number of ether oxygens (including phenoxy) is 1. The van der Waals surface area contributed by atoms with E-state index in [9.17, 15) is 9.59 Å². The summed E-state index contributed by atoms with van der Waals surface area (Å²) in [4.78, 5) is 29.0. The zero-order chi connectivity index (χ0) is 19.8. The van der Waals surface area contributed by atoms with Gasteiger partial charge in [-0.2, -0.15) is 0 Å². The molecule has 0 atom stereocenters. The van der Waals surface area contributed by atoms with Crippen LogP contribution in [-0.2, 0) is 24.3 Å². The van der Waals surface area contributed by atoms with Gasteiger partial charge in [-0.1, -0.05) is 24.3 Å². The van der Waals surface area contributed by atoms with Gasteiger partial charge >= 0.3 is 5.76 Å². The minimum Gasteiger partial charge on any atom is -0.493 e. The van der Waals surface area contributed by atoms with Gasteiger partial charge in [-0.15, -0.1) is 0 Å². The van der Waals surface area contributed by atoms with Crippen LogP contribution in [0.2, 0.25) is 0 Å². The van der Waals surface area contributed by atoms with Crippen LogP contribution < -0.4 is 10.5 Å². The van der Waals surface area contributed by atoms with Crippen LogP contribution in [-0.4, -0.2) is 53.1 Å². The largest absolute Gasteiger partial charge is 0.493 e. The van der Waals surface area contributed by atoms with Crippen molar-refractivity contribution >= 4 is 17.0 Å². The fourth-order valence-electron chi connectivity index (χ4n) is 4.15. The van der Waals surface area contributed by atoms with Crippen LogP contribution in [0.3, 0.4) is 0 Å². The number of carbonyl (C=O) groups excluding carboxylic acids is 1. The van der Waals surface area contributed by atoms with E-state index in [1.54, 1.807) is 12.1 Å². The van der Waals surface area contributed by atoms with Crippen molar-refractivity contribution in [3.05, 3.63) is 64.1 Å². The predicted octanol–water partition coefficient (Wildman–Crippen LogP) is 1.87. The lowest BCUT2D eigenvalue weighted by Crippen LogP contribution is -2.49. The fraction of sp³-hybridized carbons (Fsp3) is 0.364. The molecule has 0 saturated carbocycles. The third kappa shape index (κ3) is 3.53. The maximum Gasteiger partial charge on any atom is 0.420 e. The molecule has 3 aromatic rings. The Morgan fingerprint density at radius 1 is 1.03 bits per heavy atom. The van der Waals surface area contributed by atoms with Crippen molar-refractivity contribution in [3.8, 4) is 5.75 Å². The first-order chi connectivity index (χ1) is 14.2. The Labute approximate surface area is 168 Å². The van der Waals surface area contributed by atoms with Crippen LogP contribution >= 0.6 is 0 Å². The Morgan fingerprint density at radius 2 is 1.86 bits per heavy atom. The van der Waals surface area contributed by atoms with Crippen molar-refractivity contribution in [1.29, 1.82) is 0 Å². The van der Waals surface area contributed by atoms with Crippen LogP contribution in [0.1, 0.15) is 11.1 Å². The first-order valence-electron chi connectivity index (χ1n) is 10.0. The summed E-state index contributed by atoms with van der Waals surface area (Å²) in [5.41, 5.74) is 3.74. The number of amides is 1. The predicted molar refractivity (Wildman–Crippen MR) is 108 cm³/mol. The first-order valence-corrected chi connectivity index (χ1v) is 10.0. The maximum absolute atomic E-state index is 12.7. The highest BCUT2D eigenvalue weighted by atomic mass is 16.5. The third-order valence-electron chi connectivity index (χ3n) is 5.75. The number of fused-ring (bicyclic) bond motifs is 2. The average Bonchev–Trinajstić information content (AvgIpc) is 3.32. The highest BCUT2D eigenvalue weighted by Gasteiger charge is 2.23. The van der Waals surface area contributed by atoms with Crippen molar-refractivity contribution < 1.29 is 13.9 Å². The highest BCUT2D eigenvalue weighted by molar-refractivity contribution is 5.79. The Kier molecular flexibility index (Phi) is 4.60. The summed E-state index contributed by atoms with van der Waals surface area (Å²) in [6, 6.07) is 13.6. The number of hydrogen-bond acceptors (Lipinski definition) is 5. The summed E-state index contributed by atoms with van der Waals surface area (Å²) in [6.07, 6.45) is 0.980. The summed E-state index contributed by atoms with van der Waals surface area (Å²) >= 11 is 0. The quantitative estimate of drug-likeness (QED) is 0.677. The van der Waals surface area contributed by atoms with E-state index in [1.165, 1.54) is 15.7 Å².